The maximum atomic E-state index is 5.76. The SMILES string of the molecule is COc1cc(C2(CN3CCN(CC4(c5cc(OC)c(OC)c(OC)c5)C=CC=CN4)[C@@H](CC(C)C)C3)C=CC=CN2)cc(OC)c1OC.Cl.Cl.Cl. The zero-order valence-electron chi connectivity index (χ0n) is 30.9. The first-order valence-corrected chi connectivity index (χ1v) is 16.6. The molecule has 0 bridgehead atoms. The molecule has 2 aromatic rings. The van der Waals surface area contributed by atoms with Crippen molar-refractivity contribution in [3.05, 3.63) is 84.2 Å². The second-order valence-electron chi connectivity index (χ2n) is 13.0. The van der Waals surface area contributed by atoms with E-state index in [2.05, 4.69) is 82.9 Å². The lowest BCUT2D eigenvalue weighted by atomic mass is 9.84. The number of methoxy groups -OCH3 is 6. The summed E-state index contributed by atoms with van der Waals surface area (Å²) >= 11 is 0. The lowest BCUT2D eigenvalue weighted by Crippen LogP contribution is -2.61. The highest BCUT2D eigenvalue weighted by atomic mass is 35.5. The topological polar surface area (TPSA) is 85.9 Å². The Hall–Kier alpha value is -3.41. The molecular formula is C38H55Cl3N4O6. The van der Waals surface area contributed by atoms with E-state index in [0.717, 1.165) is 50.3 Å². The summed E-state index contributed by atoms with van der Waals surface area (Å²) in [6, 6.07) is 8.55. The quantitative estimate of drug-likeness (QED) is 0.223. The van der Waals surface area contributed by atoms with Gasteiger partial charge >= 0.3 is 0 Å². The van der Waals surface area contributed by atoms with Crippen molar-refractivity contribution in [1.82, 2.24) is 20.4 Å². The fourth-order valence-electron chi connectivity index (χ4n) is 7.21. The fourth-order valence-corrected chi connectivity index (χ4v) is 7.21. The van der Waals surface area contributed by atoms with Crippen LogP contribution < -0.4 is 39.1 Å². The van der Waals surface area contributed by atoms with Gasteiger partial charge in [0.15, 0.2) is 23.0 Å². The Kier molecular flexibility index (Phi) is 16.7. The van der Waals surface area contributed by atoms with Crippen LogP contribution in [-0.2, 0) is 11.1 Å². The van der Waals surface area contributed by atoms with Gasteiger partial charge in [0.2, 0.25) is 11.5 Å². The largest absolute Gasteiger partial charge is 0.493 e. The summed E-state index contributed by atoms with van der Waals surface area (Å²) in [6.07, 6.45) is 17.9. The maximum Gasteiger partial charge on any atom is 0.203 e. The van der Waals surface area contributed by atoms with E-state index in [-0.39, 0.29) is 37.2 Å². The minimum atomic E-state index is -0.491. The summed E-state index contributed by atoms with van der Waals surface area (Å²) < 4.78 is 34.3. The molecule has 51 heavy (non-hydrogen) atoms. The van der Waals surface area contributed by atoms with Gasteiger partial charge < -0.3 is 39.1 Å². The molecule has 3 heterocycles. The Morgan fingerprint density at radius 3 is 1.41 bits per heavy atom. The molecule has 3 aliphatic rings. The molecule has 2 aromatic carbocycles. The molecular weight excluding hydrogens is 715 g/mol. The second-order valence-corrected chi connectivity index (χ2v) is 13.0. The van der Waals surface area contributed by atoms with Crippen molar-refractivity contribution >= 4 is 37.2 Å². The van der Waals surface area contributed by atoms with Crippen molar-refractivity contribution in [3.8, 4) is 34.5 Å². The van der Waals surface area contributed by atoms with Crippen LogP contribution in [0, 0.1) is 5.92 Å². The van der Waals surface area contributed by atoms with Crippen LogP contribution in [0.4, 0.5) is 0 Å². The van der Waals surface area contributed by atoms with Gasteiger partial charge in [-0.1, -0.05) is 38.2 Å². The average Bonchev–Trinajstić information content (AvgIpc) is 3.11. The van der Waals surface area contributed by atoms with Gasteiger partial charge in [0.25, 0.3) is 0 Å². The van der Waals surface area contributed by atoms with Gasteiger partial charge in [-0.2, -0.15) is 0 Å². The number of dihydropyridines is 2. The van der Waals surface area contributed by atoms with Gasteiger partial charge in [-0.3, -0.25) is 9.80 Å². The number of nitrogens with one attached hydrogen (secondary N) is 2. The van der Waals surface area contributed by atoms with Crippen LogP contribution in [0.25, 0.3) is 0 Å². The monoisotopic (exact) mass is 768 g/mol. The Bertz CT molecular complexity index is 1500. The fraction of sp³-hybridized carbons (Fsp3) is 0.474. The molecule has 3 atom stereocenters. The third-order valence-corrected chi connectivity index (χ3v) is 9.58. The van der Waals surface area contributed by atoms with Gasteiger partial charge in [-0.25, -0.2) is 0 Å². The van der Waals surface area contributed by atoms with Crippen LogP contribution in [0.15, 0.2) is 73.1 Å². The molecule has 0 aromatic heterocycles. The molecule has 0 radical (unpaired) electrons. The number of nitrogens with zero attached hydrogens (tertiary/aromatic N) is 2. The van der Waals surface area contributed by atoms with Crippen LogP contribution in [0.2, 0.25) is 0 Å². The van der Waals surface area contributed by atoms with E-state index in [1.165, 1.54) is 0 Å². The number of halogens is 3. The predicted octanol–water partition coefficient (Wildman–Crippen LogP) is 6.47. The Morgan fingerprint density at radius 2 is 1.06 bits per heavy atom. The predicted molar refractivity (Wildman–Crippen MR) is 211 cm³/mol. The van der Waals surface area contributed by atoms with Crippen molar-refractivity contribution in [2.45, 2.75) is 37.4 Å². The van der Waals surface area contributed by atoms with Gasteiger partial charge in [0.05, 0.1) is 53.7 Å². The molecule has 0 saturated carbocycles. The normalized spacial score (nSPS) is 22.4. The van der Waals surface area contributed by atoms with E-state index in [9.17, 15) is 0 Å². The minimum Gasteiger partial charge on any atom is -0.493 e. The van der Waals surface area contributed by atoms with Crippen LogP contribution >= 0.6 is 37.2 Å². The number of benzene rings is 2. The Balaban J connectivity index is 0.00000300. The first-order valence-electron chi connectivity index (χ1n) is 16.6. The molecule has 1 saturated heterocycles. The molecule has 0 aliphatic carbocycles. The lowest BCUT2D eigenvalue weighted by molar-refractivity contribution is 0.0382. The lowest BCUT2D eigenvalue weighted by Gasteiger charge is -2.48. The maximum absolute atomic E-state index is 5.76. The first-order chi connectivity index (χ1) is 23.2. The molecule has 2 unspecified atom stereocenters. The van der Waals surface area contributed by atoms with Gasteiger partial charge in [0.1, 0.15) is 0 Å². The standard InChI is InChI=1S/C38H52N4O6.3ClH/c1-27(2)19-30-24-41(25-37(13-9-11-15-39-37)28-20-31(43-3)35(47-7)32(21-28)44-4)17-18-42(30)26-38(14-10-12-16-40-38)29-22-33(45-5)36(48-8)34(23-29)46-6;;;/h9-16,20-23,27,30,39-40H,17-19,24-26H2,1-8H3;3*1H/t30-,37?,38?;;;/m0.../s1. The first kappa shape index (κ1) is 43.8. The third kappa shape index (κ3) is 9.34. The highest BCUT2D eigenvalue weighted by Gasteiger charge is 2.40. The Morgan fingerprint density at radius 1 is 0.627 bits per heavy atom. The number of hydrogen-bond acceptors (Lipinski definition) is 10. The summed E-state index contributed by atoms with van der Waals surface area (Å²) in [4.78, 5) is 5.23. The van der Waals surface area contributed by atoms with Crippen molar-refractivity contribution in [2.24, 2.45) is 5.92 Å². The summed E-state index contributed by atoms with van der Waals surface area (Å²) in [7, 11) is 9.90. The summed E-state index contributed by atoms with van der Waals surface area (Å²) in [5, 5.41) is 7.40. The third-order valence-electron chi connectivity index (χ3n) is 9.58. The van der Waals surface area contributed by atoms with Crippen LogP contribution in [0.1, 0.15) is 31.4 Å². The van der Waals surface area contributed by atoms with Crippen molar-refractivity contribution < 1.29 is 28.4 Å². The van der Waals surface area contributed by atoms with E-state index in [0.29, 0.717) is 46.5 Å². The highest BCUT2D eigenvalue weighted by molar-refractivity contribution is 5.86. The van der Waals surface area contributed by atoms with Gasteiger partial charge in [0, 0.05) is 38.8 Å². The number of rotatable bonds is 14. The Labute approximate surface area is 322 Å². The van der Waals surface area contributed by atoms with E-state index in [1.54, 1.807) is 42.7 Å². The summed E-state index contributed by atoms with van der Waals surface area (Å²) in [5.74, 6) is 4.25. The molecule has 2 N–H and O–H groups in total. The van der Waals surface area contributed by atoms with Crippen LogP contribution in [0.5, 0.6) is 34.5 Å². The number of ether oxygens (including phenoxy) is 6. The molecule has 0 amide bonds. The molecule has 5 rings (SSSR count). The van der Waals surface area contributed by atoms with Crippen molar-refractivity contribution in [1.29, 1.82) is 0 Å². The molecule has 1 fully saturated rings. The van der Waals surface area contributed by atoms with Crippen molar-refractivity contribution in [3.63, 3.8) is 0 Å². The van der Waals surface area contributed by atoms with E-state index < -0.39 is 11.1 Å². The average molecular weight is 770 g/mol. The molecule has 10 nitrogen and oxygen atoms in total. The van der Waals surface area contributed by atoms with E-state index >= 15 is 0 Å². The summed E-state index contributed by atoms with van der Waals surface area (Å²) in [6.45, 7) is 8.90. The number of hydrogen-bond donors (Lipinski definition) is 2. The summed E-state index contributed by atoms with van der Waals surface area (Å²) in [5.41, 5.74) is 1.12. The minimum absolute atomic E-state index is 0. The zero-order chi connectivity index (χ0) is 34.3. The number of piperazine rings is 1. The van der Waals surface area contributed by atoms with E-state index in [1.807, 2.05) is 24.6 Å². The number of allylic oxidation sites excluding steroid dienone is 4. The van der Waals surface area contributed by atoms with Gasteiger partial charge in [-0.15, -0.1) is 37.2 Å². The van der Waals surface area contributed by atoms with Crippen molar-refractivity contribution in [2.75, 3.05) is 75.4 Å². The molecule has 284 valence electrons. The van der Waals surface area contributed by atoms with Crippen LogP contribution in [-0.4, -0.2) is 91.2 Å². The molecule has 13 heteroatoms. The zero-order valence-corrected chi connectivity index (χ0v) is 33.3. The van der Waals surface area contributed by atoms with Gasteiger partial charge in [-0.05, 0) is 72.3 Å². The molecule has 0 spiro atoms. The second kappa shape index (κ2) is 19.4. The molecule has 3 aliphatic heterocycles. The van der Waals surface area contributed by atoms with Crippen LogP contribution in [0.3, 0.4) is 0 Å². The van der Waals surface area contributed by atoms with E-state index in [4.69, 9.17) is 28.4 Å². The highest BCUT2D eigenvalue weighted by Crippen LogP contribution is 2.44. The smallest absolute Gasteiger partial charge is 0.203 e.